The van der Waals surface area contributed by atoms with Crippen LogP contribution < -0.4 is 0 Å². The first-order valence-electron chi connectivity index (χ1n) is 9.58. The van der Waals surface area contributed by atoms with E-state index in [0.717, 1.165) is 29.8 Å². The van der Waals surface area contributed by atoms with Gasteiger partial charge in [-0.3, -0.25) is 14.6 Å². The fourth-order valence-electron chi connectivity index (χ4n) is 3.31. The van der Waals surface area contributed by atoms with Gasteiger partial charge in [0, 0.05) is 49.2 Å². The number of carbonyl (C=O) groups excluding carboxylic acids is 1. The largest absolute Gasteiger partial charge is 0.444 e. The second kappa shape index (κ2) is 7.66. The van der Waals surface area contributed by atoms with E-state index in [4.69, 9.17) is 4.74 Å². The third kappa shape index (κ3) is 4.64. The lowest BCUT2D eigenvalue weighted by Gasteiger charge is -2.34. The second-order valence-electron chi connectivity index (χ2n) is 8.36. The van der Waals surface area contributed by atoms with Crippen molar-refractivity contribution in [1.82, 2.24) is 24.6 Å². The summed E-state index contributed by atoms with van der Waals surface area (Å²) in [7, 11) is 0. The first-order valence-corrected chi connectivity index (χ1v) is 9.58. The van der Waals surface area contributed by atoms with Crippen LogP contribution in [0.5, 0.6) is 0 Å². The fraction of sp³-hybridized carbons (Fsp3) is 0.600. The summed E-state index contributed by atoms with van der Waals surface area (Å²) in [4.78, 5) is 23.5. The summed E-state index contributed by atoms with van der Waals surface area (Å²) in [6.45, 7) is 11.2. The molecule has 0 spiro atoms. The molecule has 2 aromatic rings. The summed E-state index contributed by atoms with van der Waals surface area (Å²) >= 11 is 0. The number of likely N-dealkylation sites (tertiary alicyclic amines) is 1. The first-order chi connectivity index (χ1) is 12.7. The van der Waals surface area contributed by atoms with Crippen molar-refractivity contribution in [1.29, 1.82) is 0 Å². The Morgan fingerprint density at radius 2 is 2.00 bits per heavy atom. The van der Waals surface area contributed by atoms with E-state index in [-0.39, 0.29) is 18.1 Å². The summed E-state index contributed by atoms with van der Waals surface area (Å²) in [5, 5.41) is 4.43. The smallest absolute Gasteiger partial charge is 0.410 e. The summed E-state index contributed by atoms with van der Waals surface area (Å²) in [5.41, 5.74) is 2.24. The molecule has 1 atom stereocenters. The molecule has 7 nitrogen and oxygen atoms in total. The van der Waals surface area contributed by atoms with Crippen molar-refractivity contribution in [2.24, 2.45) is 0 Å². The van der Waals surface area contributed by atoms with E-state index in [9.17, 15) is 4.79 Å². The molecule has 3 heterocycles. The van der Waals surface area contributed by atoms with Gasteiger partial charge in [-0.1, -0.05) is 0 Å². The van der Waals surface area contributed by atoms with Crippen molar-refractivity contribution in [3.63, 3.8) is 0 Å². The zero-order valence-corrected chi connectivity index (χ0v) is 16.8. The molecule has 0 N–H and O–H groups in total. The molecule has 2 aromatic heterocycles. The van der Waals surface area contributed by atoms with E-state index >= 15 is 0 Å². The summed E-state index contributed by atoms with van der Waals surface area (Å²) in [6.07, 6.45) is 8.91. The van der Waals surface area contributed by atoms with Crippen molar-refractivity contribution in [2.75, 3.05) is 13.1 Å². The molecule has 1 saturated heterocycles. The van der Waals surface area contributed by atoms with Gasteiger partial charge >= 0.3 is 6.09 Å². The van der Waals surface area contributed by atoms with Crippen LogP contribution in [0.25, 0.3) is 11.3 Å². The SMILES string of the molecule is CC(C)n1cc(-c2nccnc2[C@@H]2CCCN(C(=O)OC(C)(C)C)C2)cn1. The molecular formula is C20H29N5O2. The highest BCUT2D eigenvalue weighted by atomic mass is 16.6. The van der Waals surface area contributed by atoms with Crippen LogP contribution in [0.1, 0.15) is 65.1 Å². The summed E-state index contributed by atoms with van der Waals surface area (Å²) in [5.74, 6) is 0.136. The highest BCUT2D eigenvalue weighted by Gasteiger charge is 2.30. The number of hydrogen-bond donors (Lipinski definition) is 0. The van der Waals surface area contributed by atoms with Crippen LogP contribution in [0.3, 0.4) is 0 Å². The zero-order valence-electron chi connectivity index (χ0n) is 16.8. The molecular weight excluding hydrogens is 342 g/mol. The minimum Gasteiger partial charge on any atom is -0.444 e. The molecule has 1 aliphatic heterocycles. The van der Waals surface area contributed by atoms with Gasteiger partial charge in [0.05, 0.1) is 17.6 Å². The Bertz CT molecular complexity index is 794. The van der Waals surface area contributed by atoms with E-state index in [1.165, 1.54) is 0 Å². The third-order valence-electron chi connectivity index (χ3n) is 4.59. The van der Waals surface area contributed by atoms with E-state index in [1.807, 2.05) is 37.8 Å². The van der Waals surface area contributed by atoms with E-state index in [1.54, 1.807) is 17.3 Å². The van der Waals surface area contributed by atoms with Gasteiger partial charge in [-0.2, -0.15) is 5.10 Å². The Morgan fingerprint density at radius 1 is 1.26 bits per heavy atom. The van der Waals surface area contributed by atoms with Crippen LogP contribution in [0, 0.1) is 0 Å². The minimum absolute atomic E-state index is 0.136. The maximum atomic E-state index is 12.5. The van der Waals surface area contributed by atoms with Crippen LogP contribution in [-0.4, -0.2) is 49.4 Å². The number of piperidine rings is 1. The molecule has 0 unspecified atom stereocenters. The van der Waals surface area contributed by atoms with Gasteiger partial charge in [-0.25, -0.2) is 4.79 Å². The number of hydrogen-bond acceptors (Lipinski definition) is 5. The van der Waals surface area contributed by atoms with Crippen LogP contribution in [0.2, 0.25) is 0 Å². The molecule has 146 valence electrons. The fourth-order valence-corrected chi connectivity index (χ4v) is 3.31. The average molecular weight is 371 g/mol. The summed E-state index contributed by atoms with van der Waals surface area (Å²) < 4.78 is 7.46. The monoisotopic (exact) mass is 371 g/mol. The standard InChI is InChI=1S/C20H29N5O2/c1-14(2)25-13-16(11-23-25)18-17(21-8-9-22-18)15-7-6-10-24(12-15)19(26)27-20(3,4)5/h8-9,11,13-15H,6-7,10,12H2,1-5H3/t15-/m1/s1. The number of carbonyl (C=O) groups is 1. The molecule has 27 heavy (non-hydrogen) atoms. The molecule has 0 radical (unpaired) electrons. The topological polar surface area (TPSA) is 73.1 Å². The number of aromatic nitrogens is 4. The first kappa shape index (κ1) is 19.3. The van der Waals surface area contributed by atoms with Crippen molar-refractivity contribution < 1.29 is 9.53 Å². The number of amides is 1. The highest BCUT2D eigenvalue weighted by molar-refractivity contribution is 5.68. The molecule has 7 heteroatoms. The van der Waals surface area contributed by atoms with Crippen LogP contribution >= 0.6 is 0 Å². The maximum absolute atomic E-state index is 12.5. The average Bonchev–Trinajstić information content (AvgIpc) is 3.11. The van der Waals surface area contributed by atoms with Gasteiger partial charge in [0.1, 0.15) is 5.60 Å². The second-order valence-corrected chi connectivity index (χ2v) is 8.36. The third-order valence-corrected chi connectivity index (χ3v) is 4.59. The molecule has 0 saturated carbocycles. The van der Waals surface area contributed by atoms with Crippen molar-refractivity contribution in [3.8, 4) is 11.3 Å². The Morgan fingerprint density at radius 3 is 2.67 bits per heavy atom. The predicted molar refractivity (Wildman–Crippen MR) is 103 cm³/mol. The normalized spacial score (nSPS) is 18.0. The van der Waals surface area contributed by atoms with Gasteiger partial charge in [-0.05, 0) is 47.5 Å². The Kier molecular flexibility index (Phi) is 5.48. The minimum atomic E-state index is -0.493. The molecule has 1 aliphatic rings. The molecule has 1 fully saturated rings. The van der Waals surface area contributed by atoms with Crippen molar-refractivity contribution in [2.45, 2.75) is 65.0 Å². The van der Waals surface area contributed by atoms with Gasteiger partial charge in [0.2, 0.25) is 0 Å². The Balaban J connectivity index is 1.83. The van der Waals surface area contributed by atoms with Crippen LogP contribution in [0.4, 0.5) is 4.79 Å². The lowest BCUT2D eigenvalue weighted by Crippen LogP contribution is -2.42. The van der Waals surface area contributed by atoms with E-state index in [0.29, 0.717) is 13.1 Å². The predicted octanol–water partition coefficient (Wildman–Crippen LogP) is 4.04. The highest BCUT2D eigenvalue weighted by Crippen LogP contribution is 2.32. The van der Waals surface area contributed by atoms with Gasteiger partial charge in [0.15, 0.2) is 0 Å². The molecule has 1 amide bonds. The van der Waals surface area contributed by atoms with Gasteiger partial charge in [0.25, 0.3) is 0 Å². The van der Waals surface area contributed by atoms with Crippen molar-refractivity contribution >= 4 is 6.09 Å². The van der Waals surface area contributed by atoms with Crippen LogP contribution in [0.15, 0.2) is 24.8 Å². The Labute approximate surface area is 160 Å². The number of ether oxygens (including phenoxy) is 1. The molecule has 3 rings (SSSR count). The quantitative estimate of drug-likeness (QED) is 0.814. The maximum Gasteiger partial charge on any atom is 0.410 e. The van der Waals surface area contributed by atoms with E-state index in [2.05, 4.69) is 28.9 Å². The zero-order chi connectivity index (χ0) is 19.6. The molecule has 0 bridgehead atoms. The lowest BCUT2D eigenvalue weighted by molar-refractivity contribution is 0.0197. The van der Waals surface area contributed by atoms with Gasteiger partial charge in [-0.15, -0.1) is 0 Å². The number of nitrogens with zero attached hydrogens (tertiary/aromatic N) is 5. The summed E-state index contributed by atoms with van der Waals surface area (Å²) in [6, 6.07) is 0.288. The van der Waals surface area contributed by atoms with Crippen LogP contribution in [-0.2, 0) is 4.74 Å². The Hall–Kier alpha value is -2.44. The van der Waals surface area contributed by atoms with Gasteiger partial charge < -0.3 is 9.64 Å². The molecule has 0 aromatic carbocycles. The van der Waals surface area contributed by atoms with Crippen molar-refractivity contribution in [3.05, 3.63) is 30.5 Å². The lowest BCUT2D eigenvalue weighted by atomic mass is 9.92. The molecule has 0 aliphatic carbocycles. The van der Waals surface area contributed by atoms with E-state index < -0.39 is 5.60 Å². The number of rotatable bonds is 3.